The first-order valence-electron chi connectivity index (χ1n) is 6.31. The highest BCUT2D eigenvalue weighted by Crippen LogP contribution is 2.09. The number of nitrogens with one attached hydrogen (secondary N) is 2. The second-order valence-electron chi connectivity index (χ2n) is 4.39. The summed E-state index contributed by atoms with van der Waals surface area (Å²) in [5, 5.41) is 2.86. The topological polar surface area (TPSA) is 92.9 Å². The van der Waals surface area contributed by atoms with Crippen LogP contribution in [-0.2, 0) is 6.42 Å². The number of hydrogen-bond acceptors (Lipinski definition) is 5. The molecule has 4 N–H and O–H groups in total. The van der Waals surface area contributed by atoms with Gasteiger partial charge in [0.25, 0.3) is 5.91 Å². The molecule has 0 atom stereocenters. The molecule has 2 aromatic heterocycles. The Morgan fingerprint density at radius 1 is 1.40 bits per heavy atom. The maximum Gasteiger partial charge on any atom is 0.251 e. The summed E-state index contributed by atoms with van der Waals surface area (Å²) in [6.45, 7) is 2.37. The van der Waals surface area contributed by atoms with Crippen molar-refractivity contribution >= 4 is 11.7 Å². The quantitative estimate of drug-likeness (QED) is 0.558. The minimum absolute atomic E-state index is 0.143. The van der Waals surface area contributed by atoms with Gasteiger partial charge in [-0.3, -0.25) is 9.78 Å². The number of nitrogen functional groups attached to an aromatic ring is 1. The van der Waals surface area contributed by atoms with Crippen LogP contribution in [-0.4, -0.2) is 22.4 Å². The first-order valence-corrected chi connectivity index (χ1v) is 6.31. The summed E-state index contributed by atoms with van der Waals surface area (Å²) in [4.78, 5) is 20.2. The van der Waals surface area contributed by atoms with E-state index in [1.54, 1.807) is 24.5 Å². The van der Waals surface area contributed by atoms with Crippen molar-refractivity contribution in [3.63, 3.8) is 0 Å². The number of anilines is 1. The third-order valence-electron chi connectivity index (χ3n) is 2.79. The number of pyridine rings is 2. The molecule has 20 heavy (non-hydrogen) atoms. The average molecular weight is 271 g/mol. The monoisotopic (exact) mass is 271 g/mol. The predicted molar refractivity (Wildman–Crippen MR) is 77.1 cm³/mol. The molecule has 0 spiro atoms. The van der Waals surface area contributed by atoms with Crippen molar-refractivity contribution in [2.75, 3.05) is 12.0 Å². The van der Waals surface area contributed by atoms with Crippen molar-refractivity contribution in [1.29, 1.82) is 0 Å². The van der Waals surface area contributed by atoms with Gasteiger partial charge in [-0.15, -0.1) is 0 Å². The lowest BCUT2D eigenvalue weighted by Gasteiger charge is -2.07. The van der Waals surface area contributed by atoms with Gasteiger partial charge in [0.2, 0.25) is 0 Å². The first kappa shape index (κ1) is 14.0. The minimum atomic E-state index is -0.143. The lowest BCUT2D eigenvalue weighted by molar-refractivity contribution is 0.0954. The summed E-state index contributed by atoms with van der Waals surface area (Å²) < 4.78 is 0. The lowest BCUT2D eigenvalue weighted by atomic mass is 10.2. The van der Waals surface area contributed by atoms with Crippen molar-refractivity contribution in [3.05, 3.63) is 53.5 Å². The summed E-state index contributed by atoms with van der Waals surface area (Å²) >= 11 is 0. The van der Waals surface area contributed by atoms with Gasteiger partial charge in [-0.2, -0.15) is 0 Å². The molecule has 2 rings (SSSR count). The number of rotatable bonds is 5. The molecule has 0 aliphatic heterocycles. The molecule has 2 aromatic rings. The van der Waals surface area contributed by atoms with Crippen molar-refractivity contribution in [2.24, 2.45) is 5.84 Å². The fourth-order valence-electron chi connectivity index (χ4n) is 1.84. The Morgan fingerprint density at radius 2 is 2.25 bits per heavy atom. The van der Waals surface area contributed by atoms with E-state index in [4.69, 9.17) is 5.84 Å². The molecule has 0 radical (unpaired) electrons. The zero-order chi connectivity index (χ0) is 14.4. The molecule has 104 valence electrons. The first-order chi connectivity index (χ1) is 9.69. The Labute approximate surface area is 117 Å². The van der Waals surface area contributed by atoms with Gasteiger partial charge < -0.3 is 10.7 Å². The van der Waals surface area contributed by atoms with Crippen LogP contribution < -0.4 is 16.6 Å². The number of nitrogens with two attached hydrogens (primary N) is 1. The van der Waals surface area contributed by atoms with Crippen LogP contribution in [0, 0.1) is 6.92 Å². The van der Waals surface area contributed by atoms with E-state index in [0.717, 1.165) is 17.7 Å². The van der Waals surface area contributed by atoms with Crippen LogP contribution in [0.5, 0.6) is 0 Å². The Balaban J connectivity index is 1.93. The molecule has 0 fully saturated rings. The molecule has 0 saturated heterocycles. The van der Waals surface area contributed by atoms with Gasteiger partial charge in [0, 0.05) is 30.2 Å². The summed E-state index contributed by atoms with van der Waals surface area (Å²) in [6, 6.07) is 7.20. The molecule has 0 saturated carbocycles. The van der Waals surface area contributed by atoms with Crippen LogP contribution >= 0.6 is 0 Å². The molecular formula is C14H17N5O. The smallest absolute Gasteiger partial charge is 0.251 e. The van der Waals surface area contributed by atoms with Crippen molar-refractivity contribution in [1.82, 2.24) is 15.3 Å². The zero-order valence-electron chi connectivity index (χ0n) is 11.3. The molecule has 0 aliphatic carbocycles. The van der Waals surface area contributed by atoms with Crippen LogP contribution in [0.1, 0.15) is 21.6 Å². The normalized spacial score (nSPS) is 10.1. The number of carbonyl (C=O) groups excluding carboxylic acids is 1. The highest BCUT2D eigenvalue weighted by atomic mass is 16.1. The van der Waals surface area contributed by atoms with Crippen molar-refractivity contribution < 1.29 is 4.79 Å². The van der Waals surface area contributed by atoms with E-state index in [2.05, 4.69) is 20.7 Å². The summed E-state index contributed by atoms with van der Waals surface area (Å²) in [5.41, 5.74) is 4.80. The van der Waals surface area contributed by atoms with Gasteiger partial charge in [-0.25, -0.2) is 10.8 Å². The number of hydrogen-bond donors (Lipinski definition) is 3. The van der Waals surface area contributed by atoms with E-state index in [9.17, 15) is 4.79 Å². The van der Waals surface area contributed by atoms with Gasteiger partial charge in [0.05, 0.1) is 0 Å². The molecule has 1 amide bonds. The van der Waals surface area contributed by atoms with E-state index in [-0.39, 0.29) is 5.91 Å². The number of carbonyl (C=O) groups is 1. The molecule has 0 bridgehead atoms. The fourth-order valence-corrected chi connectivity index (χ4v) is 1.84. The van der Waals surface area contributed by atoms with Gasteiger partial charge in [0.1, 0.15) is 5.82 Å². The van der Waals surface area contributed by atoms with Crippen LogP contribution in [0.4, 0.5) is 5.82 Å². The lowest BCUT2D eigenvalue weighted by Crippen LogP contribution is -2.26. The number of amides is 1. The minimum Gasteiger partial charge on any atom is -0.352 e. The third kappa shape index (κ3) is 3.76. The molecule has 6 nitrogen and oxygen atoms in total. The molecule has 0 aliphatic rings. The average Bonchev–Trinajstić information content (AvgIpc) is 2.47. The number of nitrogens with zero attached hydrogens (tertiary/aromatic N) is 2. The van der Waals surface area contributed by atoms with Gasteiger partial charge >= 0.3 is 0 Å². The predicted octanol–water partition coefficient (Wildman–Crippen LogP) is 1.04. The van der Waals surface area contributed by atoms with E-state index in [1.165, 1.54) is 0 Å². The summed E-state index contributed by atoms with van der Waals surface area (Å²) in [5.74, 6) is 5.64. The van der Waals surface area contributed by atoms with E-state index in [1.807, 2.05) is 19.1 Å². The highest BCUT2D eigenvalue weighted by molar-refractivity contribution is 5.94. The second-order valence-corrected chi connectivity index (χ2v) is 4.39. The second kappa shape index (κ2) is 6.63. The van der Waals surface area contributed by atoms with Gasteiger partial charge in [0.15, 0.2) is 0 Å². The number of aryl methyl sites for hydroxylation is 1. The van der Waals surface area contributed by atoms with E-state index >= 15 is 0 Å². The Kier molecular flexibility index (Phi) is 4.62. The maximum absolute atomic E-state index is 12.0. The van der Waals surface area contributed by atoms with Crippen molar-refractivity contribution in [3.8, 4) is 0 Å². The van der Waals surface area contributed by atoms with E-state index < -0.39 is 0 Å². The Bertz CT molecular complexity index is 585. The third-order valence-corrected chi connectivity index (χ3v) is 2.79. The zero-order valence-corrected chi connectivity index (χ0v) is 11.3. The van der Waals surface area contributed by atoms with E-state index in [0.29, 0.717) is 17.9 Å². The molecule has 0 aromatic carbocycles. The van der Waals surface area contributed by atoms with Crippen LogP contribution in [0.2, 0.25) is 0 Å². The maximum atomic E-state index is 12.0. The number of hydrazine groups is 1. The van der Waals surface area contributed by atoms with Gasteiger partial charge in [-0.05, 0) is 37.1 Å². The van der Waals surface area contributed by atoms with Crippen LogP contribution in [0.3, 0.4) is 0 Å². The van der Waals surface area contributed by atoms with Crippen molar-refractivity contribution in [2.45, 2.75) is 13.3 Å². The van der Waals surface area contributed by atoms with Crippen LogP contribution in [0.25, 0.3) is 0 Å². The largest absolute Gasteiger partial charge is 0.352 e. The Hall–Kier alpha value is -2.47. The highest BCUT2D eigenvalue weighted by Gasteiger charge is 2.07. The molecule has 0 unspecified atom stereocenters. The van der Waals surface area contributed by atoms with Crippen LogP contribution in [0.15, 0.2) is 36.7 Å². The fraction of sp³-hybridized carbons (Fsp3) is 0.214. The molecule has 6 heteroatoms. The number of aromatic nitrogens is 2. The molecule has 2 heterocycles. The molecular weight excluding hydrogens is 254 g/mol. The summed E-state index contributed by atoms with van der Waals surface area (Å²) in [6.07, 6.45) is 4.26. The summed E-state index contributed by atoms with van der Waals surface area (Å²) in [7, 11) is 0. The SMILES string of the molecule is Cc1cc(C(=O)NCCc2cccnc2)cc(NN)n1. The standard InChI is InChI=1S/C14H17N5O/c1-10-7-12(8-13(18-10)19-15)14(20)17-6-4-11-3-2-5-16-9-11/h2-3,5,7-9H,4,6,15H2,1H3,(H,17,20)(H,18,19). The van der Waals surface area contributed by atoms with Gasteiger partial charge in [-0.1, -0.05) is 6.07 Å². The Morgan fingerprint density at radius 3 is 2.95 bits per heavy atom.